The molecule has 8 aromatic rings. The van der Waals surface area contributed by atoms with Gasteiger partial charge in [-0.2, -0.15) is 0 Å². The van der Waals surface area contributed by atoms with Crippen molar-refractivity contribution in [2.75, 3.05) is 0 Å². The SMILES string of the molecule is c1ccc2c(c1)-c1cccc3c(-c4ccc5c6c(cccc46)-c4ccccc4C54c5ccccc5-c5ccccc54)ccc-2c13. The van der Waals surface area contributed by atoms with E-state index in [-0.39, 0.29) is 5.41 Å². The second-order valence-electron chi connectivity index (χ2n) is 12.7. The topological polar surface area (TPSA) is 0 Å². The van der Waals surface area contributed by atoms with Crippen molar-refractivity contribution in [2.24, 2.45) is 0 Å². The fraction of sp³-hybridized carbons (Fsp3) is 0.0222. The minimum Gasteiger partial charge on any atom is -0.0619 e. The Labute approximate surface area is 261 Å². The molecule has 0 amide bonds. The van der Waals surface area contributed by atoms with Gasteiger partial charge < -0.3 is 0 Å². The van der Waals surface area contributed by atoms with Gasteiger partial charge in [-0.25, -0.2) is 0 Å². The van der Waals surface area contributed by atoms with Gasteiger partial charge in [0.05, 0.1) is 5.41 Å². The fourth-order valence-electron chi connectivity index (χ4n) is 9.23. The molecule has 0 radical (unpaired) electrons. The number of hydrogen-bond acceptors (Lipinski definition) is 0. The molecule has 0 N–H and O–H groups in total. The summed E-state index contributed by atoms with van der Waals surface area (Å²) in [5.41, 5.74) is 18.4. The molecule has 3 aliphatic rings. The highest BCUT2D eigenvalue weighted by Crippen LogP contribution is 2.62. The van der Waals surface area contributed by atoms with Crippen molar-refractivity contribution in [3.05, 3.63) is 180 Å². The van der Waals surface area contributed by atoms with E-state index in [0.717, 1.165) is 0 Å². The van der Waals surface area contributed by atoms with Crippen LogP contribution in [0.4, 0.5) is 0 Å². The summed E-state index contributed by atoms with van der Waals surface area (Å²) in [5.74, 6) is 0. The van der Waals surface area contributed by atoms with E-state index in [9.17, 15) is 0 Å². The second kappa shape index (κ2) is 8.25. The number of rotatable bonds is 1. The fourth-order valence-corrected chi connectivity index (χ4v) is 9.23. The van der Waals surface area contributed by atoms with Crippen molar-refractivity contribution >= 4 is 21.5 Å². The van der Waals surface area contributed by atoms with Gasteiger partial charge in [-0.1, -0.05) is 158 Å². The van der Waals surface area contributed by atoms with Crippen LogP contribution in [0.1, 0.15) is 22.3 Å². The summed E-state index contributed by atoms with van der Waals surface area (Å²) in [7, 11) is 0. The minimum absolute atomic E-state index is 0.376. The van der Waals surface area contributed by atoms with E-state index >= 15 is 0 Å². The van der Waals surface area contributed by atoms with Crippen LogP contribution in [0.25, 0.3) is 77.2 Å². The molecule has 8 aromatic carbocycles. The van der Waals surface area contributed by atoms with Crippen LogP contribution in [-0.2, 0) is 5.41 Å². The molecular formula is C45H26. The Morgan fingerprint density at radius 1 is 0.222 bits per heavy atom. The van der Waals surface area contributed by atoms with E-state index in [2.05, 4.69) is 158 Å². The second-order valence-corrected chi connectivity index (χ2v) is 12.7. The number of hydrogen-bond donors (Lipinski definition) is 0. The lowest BCUT2D eigenvalue weighted by Gasteiger charge is -2.40. The van der Waals surface area contributed by atoms with Gasteiger partial charge in [0, 0.05) is 0 Å². The summed E-state index contributed by atoms with van der Waals surface area (Å²) >= 11 is 0. The maximum absolute atomic E-state index is 2.45. The first-order valence-corrected chi connectivity index (χ1v) is 15.9. The highest BCUT2D eigenvalue weighted by Gasteiger charge is 2.50. The van der Waals surface area contributed by atoms with Crippen LogP contribution in [0.2, 0.25) is 0 Å². The Morgan fingerprint density at radius 2 is 0.600 bits per heavy atom. The Kier molecular flexibility index (Phi) is 4.35. The summed E-state index contributed by atoms with van der Waals surface area (Å²) in [4.78, 5) is 0. The number of benzene rings is 8. The van der Waals surface area contributed by atoms with Gasteiger partial charge in [-0.15, -0.1) is 0 Å². The molecule has 0 fully saturated rings. The van der Waals surface area contributed by atoms with E-state index in [1.54, 1.807) is 0 Å². The predicted octanol–water partition coefficient (Wildman–Crippen LogP) is 11.7. The van der Waals surface area contributed by atoms with E-state index in [1.165, 1.54) is 99.4 Å². The zero-order chi connectivity index (χ0) is 29.3. The van der Waals surface area contributed by atoms with Crippen molar-refractivity contribution in [1.29, 1.82) is 0 Å². The molecule has 0 saturated heterocycles. The molecule has 45 heavy (non-hydrogen) atoms. The molecule has 0 nitrogen and oxygen atoms in total. The van der Waals surface area contributed by atoms with Gasteiger partial charge in [-0.05, 0) is 99.4 Å². The molecule has 0 heterocycles. The lowest BCUT2D eigenvalue weighted by molar-refractivity contribution is 0.773. The molecule has 0 heteroatoms. The zero-order valence-electron chi connectivity index (χ0n) is 24.5. The zero-order valence-corrected chi connectivity index (χ0v) is 24.5. The van der Waals surface area contributed by atoms with Gasteiger partial charge in [0.15, 0.2) is 0 Å². The van der Waals surface area contributed by atoms with Crippen LogP contribution in [0, 0.1) is 0 Å². The standard InChI is InChI=1S/C45H26/c1-2-12-28-27(11-1)34-16-9-17-35-29(23-24-38(28)43(34)35)30-25-26-42-44-36(30)18-10-19-37(44)33-15-5-8-22-41(33)45(42)39-20-6-3-13-31(39)32-14-4-7-21-40(32)45/h1-26H. The normalized spacial score (nSPS) is 14.0. The third kappa shape index (κ3) is 2.71. The van der Waals surface area contributed by atoms with E-state index in [1.807, 2.05) is 0 Å². The van der Waals surface area contributed by atoms with Crippen LogP contribution >= 0.6 is 0 Å². The molecule has 0 aromatic heterocycles. The van der Waals surface area contributed by atoms with Crippen LogP contribution in [0.5, 0.6) is 0 Å². The molecular weight excluding hydrogens is 540 g/mol. The molecule has 0 bridgehead atoms. The van der Waals surface area contributed by atoms with Gasteiger partial charge in [0.25, 0.3) is 0 Å². The third-order valence-electron chi connectivity index (χ3n) is 10.9. The van der Waals surface area contributed by atoms with Crippen molar-refractivity contribution in [2.45, 2.75) is 5.41 Å². The van der Waals surface area contributed by atoms with Gasteiger partial charge in [-0.3, -0.25) is 0 Å². The molecule has 0 aliphatic heterocycles. The first-order chi connectivity index (χ1) is 22.4. The van der Waals surface area contributed by atoms with E-state index in [0.29, 0.717) is 0 Å². The largest absolute Gasteiger partial charge is 0.0725 e. The van der Waals surface area contributed by atoms with Crippen LogP contribution < -0.4 is 0 Å². The Hall–Kier alpha value is -5.72. The average Bonchev–Trinajstić information content (AvgIpc) is 3.59. The lowest BCUT2D eigenvalue weighted by atomic mass is 9.61. The van der Waals surface area contributed by atoms with Gasteiger partial charge in [0.1, 0.15) is 0 Å². The summed E-state index contributed by atoms with van der Waals surface area (Å²) < 4.78 is 0. The molecule has 0 saturated carbocycles. The summed E-state index contributed by atoms with van der Waals surface area (Å²) in [6.45, 7) is 0. The third-order valence-corrected chi connectivity index (χ3v) is 10.9. The summed E-state index contributed by atoms with van der Waals surface area (Å²) in [5, 5.41) is 5.38. The maximum Gasteiger partial charge on any atom is 0.0725 e. The average molecular weight is 567 g/mol. The monoisotopic (exact) mass is 566 g/mol. The molecule has 11 rings (SSSR count). The summed E-state index contributed by atoms with van der Waals surface area (Å²) in [6.07, 6.45) is 0. The van der Waals surface area contributed by atoms with Gasteiger partial charge in [0.2, 0.25) is 0 Å². The van der Waals surface area contributed by atoms with Crippen molar-refractivity contribution in [1.82, 2.24) is 0 Å². The van der Waals surface area contributed by atoms with Crippen molar-refractivity contribution in [3.63, 3.8) is 0 Å². The van der Waals surface area contributed by atoms with Crippen molar-refractivity contribution in [3.8, 4) is 55.6 Å². The van der Waals surface area contributed by atoms with Gasteiger partial charge >= 0.3 is 0 Å². The van der Waals surface area contributed by atoms with Crippen LogP contribution in [0.15, 0.2) is 158 Å². The Bertz CT molecular complexity index is 2520. The number of fused-ring (bicyclic) bond motifs is 12. The Balaban J connectivity index is 1.28. The maximum atomic E-state index is 2.45. The van der Waals surface area contributed by atoms with Crippen LogP contribution in [-0.4, -0.2) is 0 Å². The molecule has 1 spiro atoms. The minimum atomic E-state index is -0.376. The quantitative estimate of drug-likeness (QED) is 0.185. The lowest BCUT2D eigenvalue weighted by Crippen LogP contribution is -2.31. The smallest absolute Gasteiger partial charge is 0.0619 e. The first-order valence-electron chi connectivity index (χ1n) is 15.9. The highest BCUT2D eigenvalue weighted by molar-refractivity contribution is 6.21. The highest BCUT2D eigenvalue weighted by atomic mass is 14.5. The first kappa shape index (κ1) is 23.7. The van der Waals surface area contributed by atoms with E-state index in [4.69, 9.17) is 0 Å². The molecule has 0 unspecified atom stereocenters. The Morgan fingerprint density at radius 3 is 1.18 bits per heavy atom. The van der Waals surface area contributed by atoms with Crippen LogP contribution in [0.3, 0.4) is 0 Å². The molecule has 0 atom stereocenters. The van der Waals surface area contributed by atoms with Crippen molar-refractivity contribution < 1.29 is 0 Å². The predicted molar refractivity (Wildman–Crippen MR) is 188 cm³/mol. The summed E-state index contributed by atoms with van der Waals surface area (Å²) in [6, 6.07) is 59.4. The van der Waals surface area contributed by atoms with E-state index < -0.39 is 0 Å². The molecule has 206 valence electrons. The molecule has 3 aliphatic carbocycles.